The van der Waals surface area contributed by atoms with Gasteiger partial charge < -0.3 is 20.1 Å². The van der Waals surface area contributed by atoms with Gasteiger partial charge in [0.2, 0.25) is 15.9 Å². The maximum atomic E-state index is 12.4. The van der Waals surface area contributed by atoms with Crippen molar-refractivity contribution in [3.8, 4) is 11.5 Å². The minimum atomic E-state index is -3.74. The molecule has 27 heavy (non-hydrogen) atoms. The van der Waals surface area contributed by atoms with E-state index in [2.05, 4.69) is 11.6 Å². The number of hydrogen-bond acceptors (Lipinski definition) is 6. The van der Waals surface area contributed by atoms with Crippen molar-refractivity contribution in [2.24, 2.45) is 11.1 Å². The third-order valence-corrected chi connectivity index (χ3v) is 6.16. The Morgan fingerprint density at radius 3 is 2.52 bits per heavy atom. The van der Waals surface area contributed by atoms with E-state index in [0.29, 0.717) is 31.1 Å². The van der Waals surface area contributed by atoms with Gasteiger partial charge in [-0.2, -0.15) is 0 Å². The molecule has 1 heterocycles. The first-order chi connectivity index (χ1) is 12.2. The molecule has 8 nitrogen and oxygen atoms in total. The van der Waals surface area contributed by atoms with Crippen molar-refractivity contribution in [1.82, 2.24) is 9.62 Å². The average Bonchev–Trinajstić information content (AvgIpc) is 3.04. The quantitative estimate of drug-likeness (QED) is 0.647. The highest BCUT2D eigenvalue weighted by molar-refractivity contribution is 7.89. The minimum Gasteiger partial charge on any atom is -0.493 e. The molecule has 10 heteroatoms. The van der Waals surface area contributed by atoms with E-state index in [1.165, 1.54) is 32.4 Å². The van der Waals surface area contributed by atoms with E-state index in [0.717, 1.165) is 6.42 Å². The SMILES string of the molecule is COc1ccc(S(=O)(=O)NCCC(=O)N2CCC(C)(CN)C2)cc1OC.Cl. The minimum absolute atomic E-state index is 0. The molecule has 1 saturated heterocycles. The van der Waals surface area contributed by atoms with Crippen LogP contribution in [0.1, 0.15) is 19.8 Å². The largest absolute Gasteiger partial charge is 0.493 e. The van der Waals surface area contributed by atoms with Crippen molar-refractivity contribution in [2.75, 3.05) is 40.4 Å². The van der Waals surface area contributed by atoms with Crippen LogP contribution in [0.15, 0.2) is 23.1 Å². The summed E-state index contributed by atoms with van der Waals surface area (Å²) in [6, 6.07) is 4.34. The lowest BCUT2D eigenvalue weighted by Gasteiger charge is -2.22. The number of benzene rings is 1. The van der Waals surface area contributed by atoms with Crippen LogP contribution in [0.5, 0.6) is 11.5 Å². The molecule has 1 fully saturated rings. The van der Waals surface area contributed by atoms with Gasteiger partial charge in [0, 0.05) is 32.1 Å². The number of amides is 1. The van der Waals surface area contributed by atoms with Gasteiger partial charge in [-0.1, -0.05) is 6.92 Å². The summed E-state index contributed by atoms with van der Waals surface area (Å²) in [7, 11) is -0.829. The average molecular weight is 422 g/mol. The monoisotopic (exact) mass is 421 g/mol. The molecule has 1 unspecified atom stereocenters. The second-order valence-electron chi connectivity index (χ2n) is 6.74. The van der Waals surface area contributed by atoms with Gasteiger partial charge in [0.25, 0.3) is 0 Å². The number of sulfonamides is 1. The number of methoxy groups -OCH3 is 2. The highest BCUT2D eigenvalue weighted by Gasteiger charge is 2.34. The molecule has 0 radical (unpaired) electrons. The number of hydrogen-bond donors (Lipinski definition) is 2. The Bertz CT molecular complexity index is 759. The van der Waals surface area contributed by atoms with Crippen LogP contribution in [-0.2, 0) is 14.8 Å². The van der Waals surface area contributed by atoms with Crippen LogP contribution < -0.4 is 19.9 Å². The van der Waals surface area contributed by atoms with Gasteiger partial charge in [0.1, 0.15) is 0 Å². The number of nitrogens with zero attached hydrogens (tertiary/aromatic N) is 1. The Morgan fingerprint density at radius 1 is 1.30 bits per heavy atom. The smallest absolute Gasteiger partial charge is 0.240 e. The molecule has 154 valence electrons. The fourth-order valence-corrected chi connectivity index (χ4v) is 3.97. The van der Waals surface area contributed by atoms with Crippen LogP contribution >= 0.6 is 12.4 Å². The molecule has 3 N–H and O–H groups in total. The van der Waals surface area contributed by atoms with E-state index in [1.54, 1.807) is 4.90 Å². The van der Waals surface area contributed by atoms with Crippen molar-refractivity contribution < 1.29 is 22.7 Å². The number of nitrogens with one attached hydrogen (secondary N) is 1. The zero-order valence-corrected chi connectivity index (χ0v) is 17.5. The lowest BCUT2D eigenvalue weighted by Crippen LogP contribution is -2.36. The van der Waals surface area contributed by atoms with E-state index in [1.807, 2.05) is 0 Å². The van der Waals surface area contributed by atoms with Gasteiger partial charge in [-0.3, -0.25) is 4.79 Å². The summed E-state index contributed by atoms with van der Waals surface area (Å²) in [6.45, 7) is 3.90. The van der Waals surface area contributed by atoms with E-state index in [4.69, 9.17) is 15.2 Å². The summed E-state index contributed by atoms with van der Waals surface area (Å²) in [5.41, 5.74) is 5.70. The van der Waals surface area contributed by atoms with Crippen molar-refractivity contribution in [2.45, 2.75) is 24.7 Å². The molecule has 1 atom stereocenters. The fraction of sp³-hybridized carbons (Fsp3) is 0.588. The normalized spacial score (nSPS) is 19.5. The number of nitrogens with two attached hydrogens (primary N) is 1. The summed E-state index contributed by atoms with van der Waals surface area (Å²) in [6.07, 6.45) is 0.972. The van der Waals surface area contributed by atoms with Crippen LogP contribution in [0.2, 0.25) is 0 Å². The second kappa shape index (κ2) is 9.59. The molecule has 1 aliphatic rings. The zero-order valence-electron chi connectivity index (χ0n) is 15.9. The summed E-state index contributed by atoms with van der Waals surface area (Å²) in [4.78, 5) is 14.1. The second-order valence-corrected chi connectivity index (χ2v) is 8.51. The third kappa shape index (κ3) is 5.71. The van der Waals surface area contributed by atoms with Gasteiger partial charge in [0.15, 0.2) is 11.5 Å². The number of carbonyl (C=O) groups excluding carboxylic acids is 1. The number of carbonyl (C=O) groups is 1. The van der Waals surface area contributed by atoms with Crippen molar-refractivity contribution >= 4 is 28.3 Å². The number of ether oxygens (including phenoxy) is 2. The third-order valence-electron chi connectivity index (χ3n) is 4.70. The predicted molar refractivity (Wildman–Crippen MR) is 105 cm³/mol. The molecular formula is C17H28ClN3O5S. The van der Waals surface area contributed by atoms with Crippen LogP contribution in [0, 0.1) is 5.41 Å². The van der Waals surface area contributed by atoms with E-state index >= 15 is 0 Å². The molecule has 0 spiro atoms. The molecule has 1 aliphatic heterocycles. The summed E-state index contributed by atoms with van der Waals surface area (Å²) in [5.74, 6) is 0.695. The van der Waals surface area contributed by atoms with Crippen molar-refractivity contribution in [3.63, 3.8) is 0 Å². The molecule has 0 saturated carbocycles. The zero-order chi connectivity index (χ0) is 19.4. The molecule has 0 aromatic heterocycles. The summed E-state index contributed by atoms with van der Waals surface area (Å²) >= 11 is 0. The highest BCUT2D eigenvalue weighted by Crippen LogP contribution is 2.30. The van der Waals surface area contributed by atoms with Crippen LogP contribution in [-0.4, -0.2) is 59.6 Å². The Balaban J connectivity index is 0.00000364. The number of halogens is 1. The lowest BCUT2D eigenvalue weighted by atomic mass is 9.90. The van der Waals surface area contributed by atoms with E-state index in [9.17, 15) is 13.2 Å². The molecule has 2 rings (SSSR count). The highest BCUT2D eigenvalue weighted by atomic mass is 35.5. The van der Waals surface area contributed by atoms with E-state index in [-0.39, 0.29) is 41.6 Å². The topological polar surface area (TPSA) is 111 Å². The molecule has 1 aromatic carbocycles. The Morgan fingerprint density at radius 2 is 1.96 bits per heavy atom. The lowest BCUT2D eigenvalue weighted by molar-refractivity contribution is -0.130. The Kier molecular flexibility index (Phi) is 8.34. The van der Waals surface area contributed by atoms with Gasteiger partial charge in [-0.05, 0) is 30.5 Å². The summed E-state index contributed by atoms with van der Waals surface area (Å²) < 4.78 is 37.5. The molecule has 1 amide bonds. The maximum absolute atomic E-state index is 12.4. The molecule has 1 aromatic rings. The first kappa shape index (κ1) is 23.5. The standard InChI is InChI=1S/C17H27N3O5S.ClH/c1-17(11-18)7-9-20(12-17)16(21)6-8-19-26(22,23)13-4-5-14(24-2)15(10-13)25-3;/h4-5,10,19H,6-9,11-12,18H2,1-3H3;1H. The number of likely N-dealkylation sites (tertiary alicyclic amines) is 1. The molecular weight excluding hydrogens is 394 g/mol. The van der Waals surface area contributed by atoms with E-state index < -0.39 is 10.0 Å². The van der Waals surface area contributed by atoms with Crippen LogP contribution in [0.4, 0.5) is 0 Å². The van der Waals surface area contributed by atoms with Gasteiger partial charge >= 0.3 is 0 Å². The maximum Gasteiger partial charge on any atom is 0.240 e. The van der Waals surface area contributed by atoms with Crippen molar-refractivity contribution in [3.05, 3.63) is 18.2 Å². The number of rotatable bonds is 8. The van der Waals surface area contributed by atoms with Gasteiger partial charge in [0.05, 0.1) is 19.1 Å². The Hall–Kier alpha value is -1.55. The summed E-state index contributed by atoms with van der Waals surface area (Å²) in [5, 5.41) is 0. The van der Waals surface area contributed by atoms with Crippen molar-refractivity contribution in [1.29, 1.82) is 0 Å². The van der Waals surface area contributed by atoms with Gasteiger partial charge in [-0.25, -0.2) is 13.1 Å². The fourth-order valence-electron chi connectivity index (χ4n) is 2.92. The Labute approximate surface area is 166 Å². The molecule has 0 bridgehead atoms. The van der Waals surface area contributed by atoms with Crippen LogP contribution in [0.3, 0.4) is 0 Å². The van der Waals surface area contributed by atoms with Gasteiger partial charge in [-0.15, -0.1) is 12.4 Å². The molecule has 0 aliphatic carbocycles. The predicted octanol–water partition coefficient (Wildman–Crippen LogP) is 0.991. The van der Waals surface area contributed by atoms with Crippen LogP contribution in [0.25, 0.3) is 0 Å². The first-order valence-electron chi connectivity index (χ1n) is 8.44. The first-order valence-corrected chi connectivity index (χ1v) is 9.92.